The van der Waals surface area contributed by atoms with E-state index in [-0.39, 0.29) is 13.1 Å². The molecule has 5 nitrogen and oxygen atoms in total. The van der Waals surface area contributed by atoms with E-state index in [1.165, 1.54) is 12.8 Å². The predicted octanol–water partition coefficient (Wildman–Crippen LogP) is 0.198. The summed E-state index contributed by atoms with van der Waals surface area (Å²) in [5.41, 5.74) is 0. The fraction of sp³-hybridized carbons (Fsp3) is 0.714. The summed E-state index contributed by atoms with van der Waals surface area (Å²) < 4.78 is 4.82. The third kappa shape index (κ3) is 8.90. The van der Waals surface area contributed by atoms with Gasteiger partial charge in [-0.3, -0.25) is 4.79 Å². The van der Waals surface area contributed by atoms with E-state index in [9.17, 15) is 4.79 Å². The second-order valence-electron chi connectivity index (χ2n) is 2.46. The summed E-state index contributed by atoms with van der Waals surface area (Å²) in [5.74, 6) is -0.222. The van der Waals surface area contributed by atoms with Gasteiger partial charge < -0.3 is 14.9 Å². The van der Waals surface area contributed by atoms with Crippen molar-refractivity contribution in [3.05, 3.63) is 0 Å². The van der Waals surface area contributed by atoms with Crippen LogP contribution in [0.2, 0.25) is 0 Å². The number of aliphatic carboxylic acids is 1. The summed E-state index contributed by atoms with van der Waals surface area (Å²) in [4.78, 5) is 18.2. The Bertz CT molecular complexity index is 141. The van der Waals surface area contributed by atoms with Crippen LogP contribution in [-0.4, -0.2) is 35.9 Å². The topological polar surface area (TPSA) is 83.8 Å². The Morgan fingerprint density at radius 1 is 1.58 bits per heavy atom. The Labute approximate surface area is 70.0 Å². The average Bonchev–Trinajstić information content (AvgIpc) is 2.72. The Hall–Kier alpha value is -1.10. The first kappa shape index (κ1) is 10.9. The minimum Gasteiger partial charge on any atom is -0.483 e. The quantitative estimate of drug-likeness (QED) is 0.597. The summed E-state index contributed by atoms with van der Waals surface area (Å²) >= 11 is 0. The standard InChI is InChI=1S/C6H10O3.CH2O2/c7-6(8)4-9-3-5-1-2-5;2-1-3/h5H,1-4H2,(H,7,8);1H,(H,2,3). The maximum absolute atomic E-state index is 9.88. The Morgan fingerprint density at radius 3 is 2.42 bits per heavy atom. The molecule has 0 aliphatic heterocycles. The molecule has 1 aliphatic carbocycles. The van der Waals surface area contributed by atoms with E-state index in [2.05, 4.69) is 0 Å². The van der Waals surface area contributed by atoms with E-state index in [0.29, 0.717) is 12.5 Å². The van der Waals surface area contributed by atoms with Crippen LogP contribution in [0.1, 0.15) is 12.8 Å². The molecule has 1 rings (SSSR count). The summed E-state index contributed by atoms with van der Waals surface area (Å²) in [7, 11) is 0. The molecule has 2 N–H and O–H groups in total. The van der Waals surface area contributed by atoms with Crippen molar-refractivity contribution in [2.45, 2.75) is 12.8 Å². The molecule has 0 saturated heterocycles. The smallest absolute Gasteiger partial charge is 0.329 e. The molecule has 0 bridgehead atoms. The lowest BCUT2D eigenvalue weighted by atomic mass is 10.5. The van der Waals surface area contributed by atoms with E-state index < -0.39 is 5.97 Å². The largest absolute Gasteiger partial charge is 0.483 e. The van der Waals surface area contributed by atoms with Crippen molar-refractivity contribution in [2.75, 3.05) is 13.2 Å². The van der Waals surface area contributed by atoms with E-state index >= 15 is 0 Å². The maximum Gasteiger partial charge on any atom is 0.329 e. The molecule has 1 fully saturated rings. The normalized spacial score (nSPS) is 14.3. The van der Waals surface area contributed by atoms with Gasteiger partial charge >= 0.3 is 5.97 Å². The van der Waals surface area contributed by atoms with Gasteiger partial charge in [0.05, 0.1) is 6.61 Å². The van der Waals surface area contributed by atoms with Crippen LogP contribution >= 0.6 is 0 Å². The first-order valence-corrected chi connectivity index (χ1v) is 3.58. The summed E-state index contributed by atoms with van der Waals surface area (Å²) in [6, 6.07) is 0. The van der Waals surface area contributed by atoms with Gasteiger partial charge in [-0.25, -0.2) is 4.79 Å². The lowest BCUT2D eigenvalue weighted by Gasteiger charge is -1.95. The molecule has 0 aromatic heterocycles. The van der Waals surface area contributed by atoms with Crippen LogP contribution in [0.25, 0.3) is 0 Å². The van der Waals surface area contributed by atoms with Crippen molar-refractivity contribution in [2.24, 2.45) is 5.92 Å². The van der Waals surface area contributed by atoms with Gasteiger partial charge in [0.2, 0.25) is 0 Å². The molecule has 0 heterocycles. The zero-order chi connectivity index (χ0) is 9.40. The number of carboxylic acid groups (broad SMARTS) is 2. The highest BCUT2D eigenvalue weighted by atomic mass is 16.5. The van der Waals surface area contributed by atoms with Crippen LogP contribution in [0.3, 0.4) is 0 Å². The highest BCUT2D eigenvalue weighted by Crippen LogP contribution is 2.28. The number of carboxylic acids is 1. The highest BCUT2D eigenvalue weighted by Gasteiger charge is 2.21. The minimum atomic E-state index is -0.879. The first-order valence-electron chi connectivity index (χ1n) is 3.58. The molecule has 1 saturated carbocycles. The van der Waals surface area contributed by atoms with Gasteiger partial charge in [-0.1, -0.05) is 0 Å². The van der Waals surface area contributed by atoms with Gasteiger partial charge in [-0.05, 0) is 18.8 Å². The molecular weight excluding hydrogens is 164 g/mol. The van der Waals surface area contributed by atoms with Gasteiger partial charge in [0.25, 0.3) is 6.47 Å². The molecule has 0 atom stereocenters. The van der Waals surface area contributed by atoms with Gasteiger partial charge in [-0.15, -0.1) is 0 Å². The van der Waals surface area contributed by atoms with Crippen LogP contribution in [0.5, 0.6) is 0 Å². The first-order chi connectivity index (χ1) is 5.70. The van der Waals surface area contributed by atoms with Crippen molar-refractivity contribution in [1.29, 1.82) is 0 Å². The predicted molar refractivity (Wildman–Crippen MR) is 39.9 cm³/mol. The lowest BCUT2D eigenvalue weighted by molar-refractivity contribution is -0.142. The van der Waals surface area contributed by atoms with Crippen LogP contribution in [0.4, 0.5) is 0 Å². The molecule has 5 heteroatoms. The Morgan fingerprint density at radius 2 is 2.08 bits per heavy atom. The van der Waals surface area contributed by atoms with Crippen LogP contribution in [0.15, 0.2) is 0 Å². The maximum atomic E-state index is 9.88. The molecule has 0 aromatic carbocycles. The van der Waals surface area contributed by atoms with E-state index in [4.69, 9.17) is 19.7 Å². The fourth-order valence-electron chi connectivity index (χ4n) is 0.597. The number of ether oxygens (including phenoxy) is 1. The fourth-order valence-corrected chi connectivity index (χ4v) is 0.597. The van der Waals surface area contributed by atoms with Gasteiger partial charge in [0.15, 0.2) is 0 Å². The van der Waals surface area contributed by atoms with Gasteiger partial charge in [0, 0.05) is 0 Å². The molecular formula is C7H12O5. The zero-order valence-corrected chi connectivity index (χ0v) is 6.60. The van der Waals surface area contributed by atoms with E-state index in [1.54, 1.807) is 0 Å². The molecule has 12 heavy (non-hydrogen) atoms. The average molecular weight is 176 g/mol. The van der Waals surface area contributed by atoms with Crippen LogP contribution in [0, 0.1) is 5.92 Å². The van der Waals surface area contributed by atoms with Gasteiger partial charge in [0.1, 0.15) is 6.61 Å². The number of hydrogen-bond acceptors (Lipinski definition) is 3. The summed E-state index contributed by atoms with van der Waals surface area (Å²) in [6.07, 6.45) is 2.42. The highest BCUT2D eigenvalue weighted by molar-refractivity contribution is 5.67. The summed E-state index contributed by atoms with van der Waals surface area (Å²) in [5, 5.41) is 15.0. The minimum absolute atomic E-state index is 0.142. The molecule has 0 amide bonds. The van der Waals surface area contributed by atoms with Crippen LogP contribution in [-0.2, 0) is 14.3 Å². The monoisotopic (exact) mass is 176 g/mol. The lowest BCUT2D eigenvalue weighted by Crippen LogP contribution is -2.08. The van der Waals surface area contributed by atoms with Crippen molar-refractivity contribution in [1.82, 2.24) is 0 Å². The second-order valence-corrected chi connectivity index (χ2v) is 2.46. The molecule has 0 radical (unpaired) electrons. The third-order valence-corrected chi connectivity index (χ3v) is 1.28. The zero-order valence-electron chi connectivity index (χ0n) is 6.60. The van der Waals surface area contributed by atoms with E-state index in [1.807, 2.05) is 0 Å². The molecule has 0 aromatic rings. The molecule has 1 aliphatic rings. The molecule has 70 valence electrons. The second kappa shape index (κ2) is 6.60. The van der Waals surface area contributed by atoms with Crippen LogP contribution < -0.4 is 0 Å². The van der Waals surface area contributed by atoms with Crippen molar-refractivity contribution >= 4 is 12.4 Å². The van der Waals surface area contributed by atoms with Crippen molar-refractivity contribution in [3.8, 4) is 0 Å². The van der Waals surface area contributed by atoms with Crippen molar-refractivity contribution in [3.63, 3.8) is 0 Å². The number of carbonyl (C=O) groups is 2. The SMILES string of the molecule is O=C(O)COCC1CC1.O=CO. The van der Waals surface area contributed by atoms with Gasteiger partial charge in [-0.2, -0.15) is 0 Å². The molecule has 0 unspecified atom stereocenters. The van der Waals surface area contributed by atoms with E-state index in [0.717, 1.165) is 0 Å². The summed E-state index contributed by atoms with van der Waals surface area (Å²) in [6.45, 7) is 0.239. The third-order valence-electron chi connectivity index (χ3n) is 1.28. The molecule has 0 spiro atoms. The Kier molecular flexibility index (Phi) is 6.00. The number of hydrogen-bond donors (Lipinski definition) is 2. The van der Waals surface area contributed by atoms with Crippen molar-refractivity contribution < 1.29 is 24.5 Å². The Balaban J connectivity index is 0.000000354. The number of rotatable bonds is 4.